The van der Waals surface area contributed by atoms with E-state index in [1.165, 1.54) is 6.92 Å². The molecule has 0 saturated carbocycles. The van der Waals surface area contributed by atoms with Crippen LogP contribution in [0.1, 0.15) is 27.7 Å². The quantitative estimate of drug-likeness (QED) is 0.665. The Morgan fingerprint density at radius 2 is 1.88 bits per heavy atom. The zero-order valence-electron chi connectivity index (χ0n) is 10.4. The molecule has 2 rings (SSSR count). The van der Waals surface area contributed by atoms with Gasteiger partial charge in [0.25, 0.3) is 0 Å². The Bertz CT molecular complexity index is 315. The van der Waals surface area contributed by atoms with Crippen LogP contribution >= 0.6 is 0 Å². The Balaban J connectivity index is 2.19. The lowest BCUT2D eigenvalue weighted by Crippen LogP contribution is -2.56. The largest absolute Gasteiger partial charge is 0.457 e. The maximum atomic E-state index is 11.1. The second-order valence-corrected chi connectivity index (χ2v) is 4.87. The molecular formula is C11H18O6. The van der Waals surface area contributed by atoms with E-state index in [-0.39, 0.29) is 0 Å². The molecule has 1 unspecified atom stereocenters. The number of esters is 1. The van der Waals surface area contributed by atoms with E-state index in [2.05, 4.69) is 0 Å². The predicted molar refractivity (Wildman–Crippen MR) is 55.9 cm³/mol. The van der Waals surface area contributed by atoms with Gasteiger partial charge in [-0.05, 0) is 20.8 Å². The number of aliphatic hydroxyl groups is 1. The standard InChI is InChI=1S/C11H18O6/c1-5-7(15-6(2)12)8-9(10(13)14-5)17-11(3,4)16-8/h5,7-10,13H,1-4H3/t5-,7-,8+,9+,10?/m0/s1. The van der Waals surface area contributed by atoms with Crippen LogP contribution < -0.4 is 0 Å². The Hall–Kier alpha value is -0.690. The van der Waals surface area contributed by atoms with E-state index in [0.717, 1.165) is 0 Å². The van der Waals surface area contributed by atoms with Crippen molar-refractivity contribution in [2.45, 2.75) is 64.2 Å². The SMILES string of the molecule is CC(=O)O[C@@H]1[C@H]2OC(C)(C)O[C@H]2C(O)O[C@H]1C. The van der Waals surface area contributed by atoms with E-state index >= 15 is 0 Å². The molecule has 0 amide bonds. The van der Waals surface area contributed by atoms with Crippen molar-refractivity contribution in [3.8, 4) is 0 Å². The summed E-state index contributed by atoms with van der Waals surface area (Å²) < 4.78 is 21.7. The van der Waals surface area contributed by atoms with E-state index in [1.807, 2.05) is 0 Å². The smallest absolute Gasteiger partial charge is 0.303 e. The summed E-state index contributed by atoms with van der Waals surface area (Å²) in [5.74, 6) is -1.23. The highest BCUT2D eigenvalue weighted by Crippen LogP contribution is 2.37. The molecule has 0 aromatic carbocycles. The van der Waals surface area contributed by atoms with Gasteiger partial charge >= 0.3 is 5.97 Å². The molecule has 2 aliphatic rings. The lowest BCUT2D eigenvalue weighted by Gasteiger charge is -2.38. The van der Waals surface area contributed by atoms with Crippen molar-refractivity contribution in [2.75, 3.05) is 0 Å². The summed E-state index contributed by atoms with van der Waals surface area (Å²) in [4.78, 5) is 11.1. The molecule has 0 spiro atoms. The van der Waals surface area contributed by atoms with Gasteiger partial charge in [-0.1, -0.05) is 0 Å². The molecular weight excluding hydrogens is 228 g/mol. The number of carbonyl (C=O) groups excluding carboxylic acids is 1. The molecule has 98 valence electrons. The fraction of sp³-hybridized carbons (Fsp3) is 0.909. The maximum Gasteiger partial charge on any atom is 0.303 e. The summed E-state index contributed by atoms with van der Waals surface area (Å²) in [5.41, 5.74) is 0. The number of hydrogen-bond acceptors (Lipinski definition) is 6. The minimum atomic E-state index is -1.07. The van der Waals surface area contributed by atoms with Gasteiger partial charge in [0.2, 0.25) is 0 Å². The molecule has 1 N–H and O–H groups in total. The van der Waals surface area contributed by atoms with Crippen LogP contribution in [0.3, 0.4) is 0 Å². The van der Waals surface area contributed by atoms with Gasteiger partial charge in [-0.25, -0.2) is 0 Å². The fourth-order valence-corrected chi connectivity index (χ4v) is 2.29. The molecule has 2 saturated heterocycles. The summed E-state index contributed by atoms with van der Waals surface area (Å²) in [6, 6.07) is 0. The van der Waals surface area contributed by atoms with Crippen LogP contribution in [0.2, 0.25) is 0 Å². The molecule has 0 radical (unpaired) electrons. The summed E-state index contributed by atoms with van der Waals surface area (Å²) in [7, 11) is 0. The van der Waals surface area contributed by atoms with Crippen molar-refractivity contribution < 1.29 is 28.8 Å². The van der Waals surface area contributed by atoms with Crippen LogP contribution in [-0.4, -0.2) is 47.6 Å². The van der Waals surface area contributed by atoms with Crippen LogP contribution in [0.25, 0.3) is 0 Å². The Morgan fingerprint density at radius 3 is 2.47 bits per heavy atom. The third kappa shape index (κ3) is 2.44. The highest BCUT2D eigenvalue weighted by atomic mass is 16.8. The second-order valence-electron chi connectivity index (χ2n) is 4.87. The van der Waals surface area contributed by atoms with Crippen molar-refractivity contribution in [3.05, 3.63) is 0 Å². The summed E-state index contributed by atoms with van der Waals surface area (Å²) in [5, 5.41) is 9.77. The van der Waals surface area contributed by atoms with Crippen LogP contribution in [0.15, 0.2) is 0 Å². The van der Waals surface area contributed by atoms with Crippen molar-refractivity contribution in [1.82, 2.24) is 0 Å². The number of aliphatic hydroxyl groups excluding tert-OH is 1. The first-order valence-electron chi connectivity index (χ1n) is 5.66. The van der Waals surface area contributed by atoms with E-state index in [0.29, 0.717) is 0 Å². The topological polar surface area (TPSA) is 74.2 Å². The lowest BCUT2D eigenvalue weighted by atomic mass is 10.00. The summed E-state index contributed by atoms with van der Waals surface area (Å²) >= 11 is 0. The van der Waals surface area contributed by atoms with Gasteiger partial charge in [0, 0.05) is 6.92 Å². The van der Waals surface area contributed by atoms with E-state index in [9.17, 15) is 9.90 Å². The lowest BCUT2D eigenvalue weighted by molar-refractivity contribution is -0.257. The molecule has 2 heterocycles. The van der Waals surface area contributed by atoms with Crippen LogP contribution in [0.4, 0.5) is 0 Å². The molecule has 6 nitrogen and oxygen atoms in total. The first-order valence-corrected chi connectivity index (χ1v) is 5.66. The minimum absolute atomic E-state index is 0.408. The van der Waals surface area contributed by atoms with E-state index in [4.69, 9.17) is 18.9 Å². The number of hydrogen-bond donors (Lipinski definition) is 1. The average molecular weight is 246 g/mol. The van der Waals surface area contributed by atoms with Crippen molar-refractivity contribution >= 4 is 5.97 Å². The molecule has 0 aromatic heterocycles. The zero-order valence-corrected chi connectivity index (χ0v) is 10.4. The highest BCUT2D eigenvalue weighted by molar-refractivity contribution is 5.66. The van der Waals surface area contributed by atoms with Gasteiger partial charge in [-0.3, -0.25) is 4.79 Å². The number of ether oxygens (including phenoxy) is 4. The summed E-state index contributed by atoms with van der Waals surface area (Å²) in [6.07, 6.45) is -3.21. The van der Waals surface area contributed by atoms with E-state index in [1.54, 1.807) is 20.8 Å². The third-order valence-electron chi connectivity index (χ3n) is 2.89. The van der Waals surface area contributed by atoms with Crippen LogP contribution in [0.5, 0.6) is 0 Å². The Kier molecular flexibility index (Phi) is 3.15. The zero-order chi connectivity index (χ0) is 12.8. The van der Waals surface area contributed by atoms with Crippen molar-refractivity contribution in [3.63, 3.8) is 0 Å². The predicted octanol–water partition coefficient (Wildman–Crippen LogP) is 0.175. The third-order valence-corrected chi connectivity index (χ3v) is 2.89. The molecule has 0 bridgehead atoms. The molecule has 6 heteroatoms. The average Bonchev–Trinajstić information content (AvgIpc) is 2.49. The summed E-state index contributed by atoms with van der Waals surface area (Å²) in [6.45, 7) is 6.54. The highest BCUT2D eigenvalue weighted by Gasteiger charge is 2.55. The number of fused-ring (bicyclic) bond motifs is 1. The van der Waals surface area contributed by atoms with Crippen molar-refractivity contribution in [2.24, 2.45) is 0 Å². The van der Waals surface area contributed by atoms with Gasteiger partial charge < -0.3 is 24.1 Å². The Morgan fingerprint density at radius 1 is 1.29 bits per heavy atom. The Labute approximate surface area is 99.8 Å². The first-order chi connectivity index (χ1) is 7.80. The van der Waals surface area contributed by atoms with Gasteiger partial charge in [0.15, 0.2) is 18.2 Å². The van der Waals surface area contributed by atoms with Crippen LogP contribution in [0, 0.1) is 0 Å². The molecule has 5 atom stereocenters. The molecule has 0 aliphatic carbocycles. The second kappa shape index (κ2) is 4.20. The molecule has 2 aliphatic heterocycles. The van der Waals surface area contributed by atoms with Crippen molar-refractivity contribution in [1.29, 1.82) is 0 Å². The normalized spacial score (nSPS) is 44.2. The molecule has 2 fully saturated rings. The van der Waals surface area contributed by atoms with E-state index < -0.39 is 42.5 Å². The van der Waals surface area contributed by atoms with Gasteiger partial charge in [0.1, 0.15) is 12.2 Å². The number of carbonyl (C=O) groups is 1. The minimum Gasteiger partial charge on any atom is -0.457 e. The first kappa shape index (κ1) is 12.8. The van der Waals surface area contributed by atoms with Crippen LogP contribution in [-0.2, 0) is 23.7 Å². The maximum absolute atomic E-state index is 11.1. The fourth-order valence-electron chi connectivity index (χ4n) is 2.29. The molecule has 17 heavy (non-hydrogen) atoms. The van der Waals surface area contributed by atoms with Gasteiger partial charge in [-0.15, -0.1) is 0 Å². The monoisotopic (exact) mass is 246 g/mol. The van der Waals surface area contributed by atoms with Gasteiger partial charge in [0.05, 0.1) is 6.10 Å². The van der Waals surface area contributed by atoms with Gasteiger partial charge in [-0.2, -0.15) is 0 Å². The molecule has 0 aromatic rings. The number of rotatable bonds is 1.